The first kappa shape index (κ1) is 12.2. The number of phenols is 1. The van der Waals surface area contributed by atoms with E-state index >= 15 is 0 Å². The second-order valence-corrected chi connectivity index (χ2v) is 4.56. The SMILES string of the molecule is O=C(O)c1ccc(-c2cccc(O)c2)c2ccccc12. The van der Waals surface area contributed by atoms with E-state index in [-0.39, 0.29) is 11.3 Å². The minimum absolute atomic E-state index is 0.189. The van der Waals surface area contributed by atoms with E-state index in [2.05, 4.69) is 0 Å². The summed E-state index contributed by atoms with van der Waals surface area (Å²) in [4.78, 5) is 11.3. The smallest absolute Gasteiger partial charge is 0.336 e. The third kappa shape index (κ3) is 1.99. The summed E-state index contributed by atoms with van der Waals surface area (Å²) in [5.41, 5.74) is 2.05. The van der Waals surface area contributed by atoms with Crippen LogP contribution in [-0.4, -0.2) is 16.2 Å². The number of benzene rings is 3. The van der Waals surface area contributed by atoms with Crippen molar-refractivity contribution in [3.63, 3.8) is 0 Å². The molecule has 3 aromatic rings. The fourth-order valence-electron chi connectivity index (χ4n) is 2.41. The highest BCUT2D eigenvalue weighted by atomic mass is 16.4. The molecule has 3 nitrogen and oxygen atoms in total. The van der Waals surface area contributed by atoms with Crippen LogP contribution in [0, 0.1) is 0 Å². The van der Waals surface area contributed by atoms with Crippen molar-refractivity contribution in [3.8, 4) is 16.9 Å². The Kier molecular flexibility index (Phi) is 2.88. The molecule has 98 valence electrons. The molecule has 0 saturated carbocycles. The summed E-state index contributed by atoms with van der Waals surface area (Å²) in [6.07, 6.45) is 0. The van der Waals surface area contributed by atoms with E-state index < -0.39 is 5.97 Å². The molecule has 0 bridgehead atoms. The van der Waals surface area contributed by atoms with Crippen molar-refractivity contribution >= 4 is 16.7 Å². The molecule has 3 aromatic carbocycles. The molecule has 0 unspecified atom stereocenters. The molecule has 0 atom stereocenters. The Balaban J connectivity index is 2.33. The molecule has 0 heterocycles. The summed E-state index contributed by atoms with van der Waals surface area (Å²) in [7, 11) is 0. The van der Waals surface area contributed by atoms with Gasteiger partial charge in [0.05, 0.1) is 5.56 Å². The van der Waals surface area contributed by atoms with Crippen LogP contribution in [0.3, 0.4) is 0 Å². The summed E-state index contributed by atoms with van der Waals surface area (Å²) < 4.78 is 0. The van der Waals surface area contributed by atoms with Gasteiger partial charge in [-0.2, -0.15) is 0 Å². The summed E-state index contributed by atoms with van der Waals surface area (Å²) in [5, 5.41) is 20.4. The molecular weight excluding hydrogens is 252 g/mol. The molecule has 0 saturated heterocycles. The molecule has 20 heavy (non-hydrogen) atoms. The first-order valence-corrected chi connectivity index (χ1v) is 6.21. The molecule has 0 fully saturated rings. The number of phenolic OH excluding ortho intramolecular Hbond substituents is 1. The Morgan fingerprint density at radius 3 is 2.30 bits per heavy atom. The second-order valence-electron chi connectivity index (χ2n) is 4.56. The average Bonchev–Trinajstić information content (AvgIpc) is 2.46. The Hall–Kier alpha value is -2.81. The van der Waals surface area contributed by atoms with Gasteiger partial charge in [0.2, 0.25) is 0 Å². The zero-order valence-corrected chi connectivity index (χ0v) is 10.6. The standard InChI is InChI=1S/C17H12O3/c18-12-5-3-4-11(10-12)13-8-9-16(17(19)20)15-7-2-1-6-14(13)15/h1-10,18H,(H,19,20). The number of hydrogen-bond acceptors (Lipinski definition) is 2. The van der Waals surface area contributed by atoms with E-state index in [9.17, 15) is 15.0 Å². The number of carboxylic acid groups (broad SMARTS) is 1. The summed E-state index contributed by atoms with van der Waals surface area (Å²) in [6.45, 7) is 0. The largest absolute Gasteiger partial charge is 0.508 e. The number of rotatable bonds is 2. The summed E-state index contributed by atoms with van der Waals surface area (Å²) in [6, 6.07) is 17.7. The Morgan fingerprint density at radius 1 is 0.850 bits per heavy atom. The summed E-state index contributed by atoms with van der Waals surface area (Å²) >= 11 is 0. The van der Waals surface area contributed by atoms with Gasteiger partial charge in [0, 0.05) is 0 Å². The fourth-order valence-corrected chi connectivity index (χ4v) is 2.41. The second kappa shape index (κ2) is 4.70. The van der Waals surface area contributed by atoms with Gasteiger partial charge < -0.3 is 10.2 Å². The lowest BCUT2D eigenvalue weighted by Crippen LogP contribution is -1.98. The number of aromatic hydroxyl groups is 1. The van der Waals surface area contributed by atoms with Crippen molar-refractivity contribution in [1.82, 2.24) is 0 Å². The van der Waals surface area contributed by atoms with Crippen LogP contribution in [0.5, 0.6) is 5.75 Å². The zero-order chi connectivity index (χ0) is 14.1. The lowest BCUT2D eigenvalue weighted by atomic mass is 9.95. The van der Waals surface area contributed by atoms with Crippen molar-refractivity contribution in [2.24, 2.45) is 0 Å². The minimum Gasteiger partial charge on any atom is -0.508 e. The van der Waals surface area contributed by atoms with Crippen molar-refractivity contribution in [1.29, 1.82) is 0 Å². The lowest BCUT2D eigenvalue weighted by Gasteiger charge is -2.09. The van der Waals surface area contributed by atoms with Gasteiger partial charge in [0.25, 0.3) is 0 Å². The van der Waals surface area contributed by atoms with Gasteiger partial charge in [-0.3, -0.25) is 0 Å². The van der Waals surface area contributed by atoms with E-state index in [0.717, 1.165) is 16.5 Å². The zero-order valence-electron chi connectivity index (χ0n) is 10.6. The van der Waals surface area contributed by atoms with Crippen molar-refractivity contribution in [2.45, 2.75) is 0 Å². The van der Waals surface area contributed by atoms with E-state index in [4.69, 9.17) is 0 Å². The molecule has 0 aliphatic heterocycles. The minimum atomic E-state index is -0.941. The summed E-state index contributed by atoms with van der Waals surface area (Å²) in [5.74, 6) is -0.752. The maximum absolute atomic E-state index is 11.3. The van der Waals surface area contributed by atoms with Crippen molar-refractivity contribution in [3.05, 3.63) is 66.2 Å². The molecule has 0 aliphatic carbocycles. The van der Waals surface area contributed by atoms with Crippen LogP contribution in [0.2, 0.25) is 0 Å². The van der Waals surface area contributed by atoms with Gasteiger partial charge >= 0.3 is 5.97 Å². The highest BCUT2D eigenvalue weighted by molar-refractivity contribution is 6.08. The predicted octanol–water partition coefficient (Wildman–Crippen LogP) is 3.91. The van der Waals surface area contributed by atoms with Gasteiger partial charge in [-0.15, -0.1) is 0 Å². The average molecular weight is 264 g/mol. The predicted molar refractivity (Wildman–Crippen MR) is 78.0 cm³/mol. The van der Waals surface area contributed by atoms with Gasteiger partial charge in [-0.1, -0.05) is 42.5 Å². The van der Waals surface area contributed by atoms with Crippen LogP contribution in [0.15, 0.2) is 60.7 Å². The van der Waals surface area contributed by atoms with Crippen LogP contribution in [0.25, 0.3) is 21.9 Å². The Labute approximate surface area is 115 Å². The van der Waals surface area contributed by atoms with Gasteiger partial charge in [-0.05, 0) is 40.1 Å². The highest BCUT2D eigenvalue weighted by Gasteiger charge is 2.11. The van der Waals surface area contributed by atoms with E-state index in [1.165, 1.54) is 0 Å². The van der Waals surface area contributed by atoms with Crippen LogP contribution < -0.4 is 0 Å². The molecule has 0 amide bonds. The van der Waals surface area contributed by atoms with Crippen LogP contribution in [0.4, 0.5) is 0 Å². The first-order valence-electron chi connectivity index (χ1n) is 6.21. The number of aromatic carboxylic acids is 1. The Morgan fingerprint density at radius 2 is 1.60 bits per heavy atom. The van der Waals surface area contributed by atoms with Crippen LogP contribution in [-0.2, 0) is 0 Å². The molecule has 2 N–H and O–H groups in total. The third-order valence-corrected chi connectivity index (χ3v) is 3.31. The van der Waals surface area contributed by atoms with E-state index in [1.807, 2.05) is 24.3 Å². The maximum Gasteiger partial charge on any atom is 0.336 e. The highest BCUT2D eigenvalue weighted by Crippen LogP contribution is 2.32. The number of hydrogen-bond donors (Lipinski definition) is 2. The van der Waals surface area contributed by atoms with Crippen molar-refractivity contribution in [2.75, 3.05) is 0 Å². The van der Waals surface area contributed by atoms with E-state index in [1.54, 1.807) is 36.4 Å². The third-order valence-electron chi connectivity index (χ3n) is 3.31. The molecule has 0 aliphatic rings. The monoisotopic (exact) mass is 264 g/mol. The lowest BCUT2D eigenvalue weighted by molar-refractivity contribution is 0.0699. The molecule has 3 rings (SSSR count). The van der Waals surface area contributed by atoms with Crippen molar-refractivity contribution < 1.29 is 15.0 Å². The first-order chi connectivity index (χ1) is 9.66. The topological polar surface area (TPSA) is 57.5 Å². The molecule has 3 heteroatoms. The molecule has 0 spiro atoms. The number of fused-ring (bicyclic) bond motifs is 1. The molecular formula is C17H12O3. The van der Waals surface area contributed by atoms with Crippen LogP contribution >= 0.6 is 0 Å². The number of carbonyl (C=O) groups is 1. The maximum atomic E-state index is 11.3. The Bertz CT molecular complexity index is 806. The van der Waals surface area contributed by atoms with Gasteiger partial charge in [-0.25, -0.2) is 4.79 Å². The number of carboxylic acids is 1. The fraction of sp³-hybridized carbons (Fsp3) is 0. The van der Waals surface area contributed by atoms with E-state index in [0.29, 0.717) is 5.39 Å². The molecule has 0 radical (unpaired) electrons. The van der Waals surface area contributed by atoms with Gasteiger partial charge in [0.15, 0.2) is 0 Å². The normalized spacial score (nSPS) is 10.6. The molecule has 0 aromatic heterocycles. The quantitative estimate of drug-likeness (QED) is 0.737. The van der Waals surface area contributed by atoms with Crippen LogP contribution in [0.1, 0.15) is 10.4 Å². The van der Waals surface area contributed by atoms with Gasteiger partial charge in [0.1, 0.15) is 5.75 Å².